The van der Waals surface area contributed by atoms with Crippen LogP contribution in [0.4, 0.5) is 0 Å². The summed E-state index contributed by atoms with van der Waals surface area (Å²) in [5.41, 5.74) is 9.31. The van der Waals surface area contributed by atoms with Crippen molar-refractivity contribution in [1.82, 2.24) is 4.98 Å². The van der Waals surface area contributed by atoms with E-state index in [0.717, 1.165) is 11.4 Å². The van der Waals surface area contributed by atoms with Gasteiger partial charge >= 0.3 is 0 Å². The summed E-state index contributed by atoms with van der Waals surface area (Å²) in [6.45, 7) is 4.92. The lowest BCUT2D eigenvalue weighted by Gasteiger charge is -2.06. The SMILES string of the molecule is Cc1ccc(Sc2ccc(CCN)cn2)c(C)c1. The van der Waals surface area contributed by atoms with Gasteiger partial charge in [0, 0.05) is 11.1 Å². The first-order chi connectivity index (χ1) is 8.69. The summed E-state index contributed by atoms with van der Waals surface area (Å²) >= 11 is 1.71. The average Bonchev–Trinajstić information content (AvgIpc) is 2.35. The highest BCUT2D eigenvalue weighted by Gasteiger charge is 2.02. The van der Waals surface area contributed by atoms with E-state index in [1.165, 1.54) is 21.6 Å². The van der Waals surface area contributed by atoms with Gasteiger partial charge in [-0.2, -0.15) is 0 Å². The highest BCUT2D eigenvalue weighted by molar-refractivity contribution is 7.99. The highest BCUT2D eigenvalue weighted by atomic mass is 32.2. The fourth-order valence-electron chi connectivity index (χ4n) is 1.81. The van der Waals surface area contributed by atoms with E-state index >= 15 is 0 Å². The fourth-order valence-corrected chi connectivity index (χ4v) is 2.64. The largest absolute Gasteiger partial charge is 0.330 e. The molecule has 1 heterocycles. The zero-order valence-corrected chi connectivity index (χ0v) is 11.6. The molecule has 0 unspecified atom stereocenters. The van der Waals surface area contributed by atoms with E-state index in [9.17, 15) is 0 Å². The molecule has 2 nitrogen and oxygen atoms in total. The van der Waals surface area contributed by atoms with Crippen LogP contribution in [0.3, 0.4) is 0 Å². The lowest BCUT2D eigenvalue weighted by atomic mass is 10.2. The molecule has 0 aliphatic heterocycles. The van der Waals surface area contributed by atoms with Crippen molar-refractivity contribution < 1.29 is 0 Å². The van der Waals surface area contributed by atoms with E-state index < -0.39 is 0 Å². The second-order valence-corrected chi connectivity index (χ2v) is 5.48. The minimum absolute atomic E-state index is 0.672. The molecule has 0 fully saturated rings. The van der Waals surface area contributed by atoms with Crippen molar-refractivity contribution in [2.75, 3.05) is 6.54 Å². The summed E-state index contributed by atoms with van der Waals surface area (Å²) in [6.07, 6.45) is 2.81. The Morgan fingerprint density at radius 1 is 1.17 bits per heavy atom. The first-order valence-corrected chi connectivity index (χ1v) is 6.91. The van der Waals surface area contributed by atoms with E-state index in [0.29, 0.717) is 6.54 Å². The number of nitrogens with zero attached hydrogens (tertiary/aromatic N) is 1. The first kappa shape index (κ1) is 13.1. The van der Waals surface area contributed by atoms with Gasteiger partial charge in [-0.3, -0.25) is 0 Å². The number of hydrogen-bond acceptors (Lipinski definition) is 3. The molecule has 0 spiro atoms. The summed E-state index contributed by atoms with van der Waals surface area (Å²) in [7, 11) is 0. The second kappa shape index (κ2) is 6.03. The van der Waals surface area contributed by atoms with Gasteiger partial charge in [-0.25, -0.2) is 4.98 Å². The molecule has 0 aliphatic carbocycles. The number of nitrogens with two attached hydrogens (primary N) is 1. The summed E-state index contributed by atoms with van der Waals surface area (Å²) < 4.78 is 0. The molecule has 0 saturated carbocycles. The van der Waals surface area contributed by atoms with Gasteiger partial charge in [-0.1, -0.05) is 35.5 Å². The van der Waals surface area contributed by atoms with E-state index in [1.54, 1.807) is 11.8 Å². The van der Waals surface area contributed by atoms with Crippen LogP contribution in [0.15, 0.2) is 46.5 Å². The van der Waals surface area contributed by atoms with Crippen LogP contribution in [-0.4, -0.2) is 11.5 Å². The third kappa shape index (κ3) is 3.34. The minimum atomic E-state index is 0.672. The molecule has 94 valence electrons. The van der Waals surface area contributed by atoms with Crippen molar-refractivity contribution >= 4 is 11.8 Å². The van der Waals surface area contributed by atoms with Crippen LogP contribution >= 0.6 is 11.8 Å². The van der Waals surface area contributed by atoms with Gasteiger partial charge in [0.15, 0.2) is 0 Å². The highest BCUT2D eigenvalue weighted by Crippen LogP contribution is 2.29. The third-order valence-corrected chi connectivity index (χ3v) is 3.90. The van der Waals surface area contributed by atoms with Crippen LogP contribution in [-0.2, 0) is 6.42 Å². The predicted octanol–water partition coefficient (Wildman–Crippen LogP) is 3.35. The zero-order valence-electron chi connectivity index (χ0n) is 10.8. The molecule has 1 aromatic carbocycles. The smallest absolute Gasteiger partial charge is 0.101 e. The monoisotopic (exact) mass is 258 g/mol. The van der Waals surface area contributed by atoms with E-state index in [1.807, 2.05) is 6.20 Å². The molecule has 2 rings (SSSR count). The number of pyridine rings is 1. The lowest BCUT2D eigenvalue weighted by molar-refractivity contribution is 0.945. The maximum Gasteiger partial charge on any atom is 0.101 e. The van der Waals surface area contributed by atoms with Crippen LogP contribution in [0.25, 0.3) is 0 Å². The Bertz CT molecular complexity index is 521. The maximum absolute atomic E-state index is 5.52. The number of hydrogen-bond donors (Lipinski definition) is 1. The molecular formula is C15H18N2S. The molecule has 2 aromatic rings. The molecule has 1 aromatic heterocycles. The Labute approximate surface area is 113 Å². The van der Waals surface area contributed by atoms with Crippen LogP contribution < -0.4 is 5.73 Å². The molecule has 3 heteroatoms. The molecule has 0 atom stereocenters. The van der Waals surface area contributed by atoms with Crippen molar-refractivity contribution in [1.29, 1.82) is 0 Å². The van der Waals surface area contributed by atoms with Crippen LogP contribution in [0.5, 0.6) is 0 Å². The quantitative estimate of drug-likeness (QED) is 0.914. The predicted molar refractivity (Wildman–Crippen MR) is 77.0 cm³/mol. The molecule has 0 bridgehead atoms. The summed E-state index contributed by atoms with van der Waals surface area (Å²) in [6, 6.07) is 10.7. The average molecular weight is 258 g/mol. The van der Waals surface area contributed by atoms with Crippen LogP contribution in [0.2, 0.25) is 0 Å². The van der Waals surface area contributed by atoms with Gasteiger partial charge in [0.05, 0.1) is 0 Å². The number of rotatable bonds is 4. The summed E-state index contributed by atoms with van der Waals surface area (Å²) in [5, 5.41) is 1.03. The van der Waals surface area contributed by atoms with E-state index in [-0.39, 0.29) is 0 Å². The lowest BCUT2D eigenvalue weighted by Crippen LogP contribution is -2.02. The summed E-state index contributed by atoms with van der Waals surface area (Å²) in [4.78, 5) is 5.73. The number of aryl methyl sites for hydroxylation is 2. The topological polar surface area (TPSA) is 38.9 Å². The van der Waals surface area contributed by atoms with E-state index in [2.05, 4.69) is 49.2 Å². The van der Waals surface area contributed by atoms with Crippen LogP contribution in [0.1, 0.15) is 16.7 Å². The molecule has 0 radical (unpaired) electrons. The van der Waals surface area contributed by atoms with Crippen molar-refractivity contribution in [2.24, 2.45) is 5.73 Å². The zero-order chi connectivity index (χ0) is 13.0. The van der Waals surface area contributed by atoms with Crippen molar-refractivity contribution in [3.8, 4) is 0 Å². The first-order valence-electron chi connectivity index (χ1n) is 6.09. The van der Waals surface area contributed by atoms with E-state index in [4.69, 9.17) is 5.73 Å². The van der Waals surface area contributed by atoms with Crippen LogP contribution in [0, 0.1) is 13.8 Å². The number of aromatic nitrogens is 1. The normalized spacial score (nSPS) is 10.6. The molecule has 2 N–H and O–H groups in total. The minimum Gasteiger partial charge on any atom is -0.330 e. The molecule has 18 heavy (non-hydrogen) atoms. The molecular weight excluding hydrogens is 240 g/mol. The maximum atomic E-state index is 5.52. The molecule has 0 amide bonds. The van der Waals surface area contributed by atoms with Gasteiger partial charge < -0.3 is 5.73 Å². The van der Waals surface area contributed by atoms with Gasteiger partial charge in [0.25, 0.3) is 0 Å². The van der Waals surface area contributed by atoms with Crippen molar-refractivity contribution in [2.45, 2.75) is 30.2 Å². The van der Waals surface area contributed by atoms with Gasteiger partial charge in [-0.05, 0) is 50.1 Å². The molecule has 0 aliphatic rings. The second-order valence-electron chi connectivity index (χ2n) is 4.41. The van der Waals surface area contributed by atoms with Gasteiger partial charge in [-0.15, -0.1) is 0 Å². The standard InChI is InChI=1S/C15H18N2S/c1-11-3-5-14(12(2)9-11)18-15-6-4-13(7-8-16)10-17-15/h3-6,9-10H,7-8,16H2,1-2H3. The van der Waals surface area contributed by atoms with Crippen molar-refractivity contribution in [3.63, 3.8) is 0 Å². The fraction of sp³-hybridized carbons (Fsp3) is 0.267. The van der Waals surface area contributed by atoms with Crippen molar-refractivity contribution in [3.05, 3.63) is 53.2 Å². The third-order valence-electron chi connectivity index (χ3n) is 2.78. The Morgan fingerprint density at radius 2 is 2.00 bits per heavy atom. The molecule has 0 saturated heterocycles. The Morgan fingerprint density at radius 3 is 2.61 bits per heavy atom. The number of benzene rings is 1. The summed E-state index contributed by atoms with van der Waals surface area (Å²) in [5.74, 6) is 0. The Kier molecular flexibility index (Phi) is 4.39. The van der Waals surface area contributed by atoms with Gasteiger partial charge in [0.1, 0.15) is 5.03 Å². The van der Waals surface area contributed by atoms with Gasteiger partial charge in [0.2, 0.25) is 0 Å². The Hall–Kier alpha value is -1.32. The Balaban J connectivity index is 2.13.